The van der Waals surface area contributed by atoms with Crippen LogP contribution in [-0.4, -0.2) is 12.2 Å². The minimum absolute atomic E-state index is 0.154. The van der Waals surface area contributed by atoms with Crippen molar-refractivity contribution in [2.45, 2.75) is 13.3 Å². The Kier molecular flexibility index (Phi) is 6.23. The molecular formula is C20H18FNO3. The van der Waals surface area contributed by atoms with Gasteiger partial charge in [0.05, 0.1) is 0 Å². The number of hydrogen-bond acceptors (Lipinski definition) is 3. The summed E-state index contributed by atoms with van der Waals surface area (Å²) in [5.74, 6) is -0.0848. The Morgan fingerprint density at radius 3 is 2.64 bits per heavy atom. The quantitative estimate of drug-likeness (QED) is 0.600. The summed E-state index contributed by atoms with van der Waals surface area (Å²) in [5, 5.41) is 2.69. The zero-order valence-corrected chi connectivity index (χ0v) is 13.8. The first-order valence-corrected chi connectivity index (χ1v) is 7.63. The van der Waals surface area contributed by atoms with Crippen molar-refractivity contribution in [1.29, 1.82) is 0 Å². The van der Waals surface area contributed by atoms with Gasteiger partial charge in [-0.05, 0) is 55.0 Å². The molecule has 2 aromatic rings. The molecule has 0 bridgehead atoms. The highest BCUT2D eigenvalue weighted by molar-refractivity contribution is 5.93. The van der Waals surface area contributed by atoms with E-state index in [1.54, 1.807) is 49.4 Å². The Balaban J connectivity index is 2.00. The molecule has 0 atom stereocenters. The lowest BCUT2D eigenvalue weighted by Gasteiger charge is -2.02. The Bertz CT molecular complexity index is 829. The van der Waals surface area contributed by atoms with Gasteiger partial charge in [0.25, 0.3) is 5.91 Å². The van der Waals surface area contributed by atoms with E-state index in [1.165, 1.54) is 12.1 Å². The van der Waals surface area contributed by atoms with Crippen LogP contribution < -0.4 is 5.32 Å². The number of amides is 1. The molecule has 4 nitrogen and oxygen atoms in total. The van der Waals surface area contributed by atoms with Crippen molar-refractivity contribution < 1.29 is 18.4 Å². The second-order valence-corrected chi connectivity index (χ2v) is 5.36. The number of rotatable bonds is 7. The first kappa shape index (κ1) is 18.1. The van der Waals surface area contributed by atoms with Crippen LogP contribution in [0.3, 0.4) is 0 Å². The molecule has 0 spiro atoms. The third-order valence-electron chi connectivity index (χ3n) is 3.29. The topological polar surface area (TPSA) is 59.3 Å². The predicted molar refractivity (Wildman–Crippen MR) is 94.3 cm³/mol. The molecule has 0 aliphatic rings. The highest BCUT2D eigenvalue weighted by Crippen LogP contribution is 2.22. The fourth-order valence-electron chi connectivity index (χ4n) is 2.02. The highest BCUT2D eigenvalue weighted by atomic mass is 19.1. The van der Waals surface area contributed by atoms with E-state index in [2.05, 4.69) is 11.9 Å². The van der Waals surface area contributed by atoms with E-state index in [-0.39, 0.29) is 23.9 Å². The SMILES string of the molecule is C=C(/C=C\C=C(/C)NC(=O)c1ccc(-c2ccc(F)cc2)o1)CC=O. The summed E-state index contributed by atoms with van der Waals surface area (Å²) in [5.41, 5.74) is 1.98. The number of aldehydes is 1. The van der Waals surface area contributed by atoms with Crippen molar-refractivity contribution in [3.05, 3.63) is 84.1 Å². The average molecular weight is 339 g/mol. The summed E-state index contributed by atoms with van der Waals surface area (Å²) in [6.45, 7) is 5.44. The lowest BCUT2D eigenvalue weighted by atomic mass is 10.2. The van der Waals surface area contributed by atoms with E-state index < -0.39 is 0 Å². The van der Waals surface area contributed by atoms with Crippen LogP contribution in [-0.2, 0) is 4.79 Å². The summed E-state index contributed by atoms with van der Waals surface area (Å²) in [6, 6.07) is 9.04. The van der Waals surface area contributed by atoms with Gasteiger partial charge in [-0.25, -0.2) is 4.39 Å². The number of carbonyl (C=O) groups excluding carboxylic acids is 2. The van der Waals surface area contributed by atoms with Crippen LogP contribution in [0.4, 0.5) is 4.39 Å². The number of benzene rings is 1. The second kappa shape index (κ2) is 8.59. The van der Waals surface area contributed by atoms with Gasteiger partial charge in [-0.15, -0.1) is 0 Å². The van der Waals surface area contributed by atoms with Gasteiger partial charge < -0.3 is 14.5 Å². The van der Waals surface area contributed by atoms with E-state index >= 15 is 0 Å². The summed E-state index contributed by atoms with van der Waals surface area (Å²) < 4.78 is 18.5. The van der Waals surface area contributed by atoms with Gasteiger partial charge in [0.1, 0.15) is 17.9 Å². The molecule has 1 aromatic heterocycles. The van der Waals surface area contributed by atoms with Crippen molar-refractivity contribution in [3.8, 4) is 11.3 Å². The van der Waals surface area contributed by atoms with Crippen LogP contribution >= 0.6 is 0 Å². The third kappa shape index (κ3) is 5.42. The van der Waals surface area contributed by atoms with Crippen molar-refractivity contribution >= 4 is 12.2 Å². The summed E-state index contributed by atoms with van der Waals surface area (Å²) >= 11 is 0. The number of allylic oxidation sites excluding steroid dienone is 5. The Hall–Kier alpha value is -3.21. The van der Waals surface area contributed by atoms with Crippen molar-refractivity contribution in [3.63, 3.8) is 0 Å². The molecule has 2 rings (SSSR count). The minimum atomic E-state index is -0.387. The molecule has 0 saturated carbocycles. The van der Waals surface area contributed by atoms with Crippen LogP contribution in [0.1, 0.15) is 23.9 Å². The molecule has 128 valence electrons. The van der Waals surface area contributed by atoms with Crippen molar-refractivity contribution in [2.24, 2.45) is 0 Å². The molecule has 1 N–H and O–H groups in total. The molecule has 1 heterocycles. The molecule has 25 heavy (non-hydrogen) atoms. The standard InChI is InChI=1S/C20H18FNO3/c1-14(12-13-23)4-3-5-15(2)22-20(24)19-11-10-18(25-19)16-6-8-17(21)9-7-16/h3-11,13H,1,12H2,2H3,(H,22,24)/b4-3-,15-5+. The van der Waals surface area contributed by atoms with Crippen LogP contribution in [0.2, 0.25) is 0 Å². The van der Waals surface area contributed by atoms with Crippen LogP contribution in [0.5, 0.6) is 0 Å². The molecule has 0 aliphatic heterocycles. The van der Waals surface area contributed by atoms with Gasteiger partial charge in [-0.1, -0.05) is 18.7 Å². The van der Waals surface area contributed by atoms with E-state index in [0.717, 1.165) is 6.29 Å². The molecular weight excluding hydrogens is 321 g/mol. The van der Waals surface area contributed by atoms with Crippen LogP contribution in [0, 0.1) is 5.82 Å². The van der Waals surface area contributed by atoms with Gasteiger partial charge in [-0.2, -0.15) is 0 Å². The Morgan fingerprint density at radius 2 is 1.96 bits per heavy atom. The third-order valence-corrected chi connectivity index (χ3v) is 3.29. The molecule has 1 amide bonds. The second-order valence-electron chi connectivity index (χ2n) is 5.36. The zero-order chi connectivity index (χ0) is 18.2. The maximum Gasteiger partial charge on any atom is 0.291 e. The van der Waals surface area contributed by atoms with Gasteiger partial charge in [0, 0.05) is 17.7 Å². The predicted octanol–water partition coefficient (Wildman–Crippen LogP) is 4.42. The number of hydrogen-bond donors (Lipinski definition) is 1. The van der Waals surface area contributed by atoms with E-state index in [9.17, 15) is 14.0 Å². The molecule has 0 fully saturated rings. The van der Waals surface area contributed by atoms with Gasteiger partial charge in [-0.3, -0.25) is 4.79 Å². The van der Waals surface area contributed by atoms with E-state index in [1.807, 2.05) is 0 Å². The summed E-state index contributed by atoms with van der Waals surface area (Å²) in [6.07, 6.45) is 6.14. The van der Waals surface area contributed by atoms with Crippen LogP contribution in [0.25, 0.3) is 11.3 Å². The summed E-state index contributed by atoms with van der Waals surface area (Å²) in [7, 11) is 0. The normalized spacial score (nSPS) is 11.5. The fraction of sp³-hybridized carbons (Fsp3) is 0.100. The first-order chi connectivity index (χ1) is 12.0. The van der Waals surface area contributed by atoms with Gasteiger partial charge >= 0.3 is 0 Å². The van der Waals surface area contributed by atoms with Gasteiger partial charge in [0.2, 0.25) is 0 Å². The number of furan rings is 1. The number of halogens is 1. The van der Waals surface area contributed by atoms with Gasteiger partial charge in [0.15, 0.2) is 5.76 Å². The maximum absolute atomic E-state index is 12.9. The molecule has 1 aromatic carbocycles. The average Bonchev–Trinajstić information content (AvgIpc) is 3.06. The molecule has 0 unspecified atom stereocenters. The Morgan fingerprint density at radius 1 is 1.24 bits per heavy atom. The van der Waals surface area contributed by atoms with Crippen LogP contribution in [0.15, 0.2) is 76.9 Å². The minimum Gasteiger partial charge on any atom is -0.451 e. The molecule has 5 heteroatoms. The number of nitrogens with one attached hydrogen (secondary N) is 1. The lowest BCUT2D eigenvalue weighted by Crippen LogP contribution is -2.20. The Labute approximate surface area is 145 Å². The molecule has 0 aliphatic carbocycles. The smallest absolute Gasteiger partial charge is 0.291 e. The lowest BCUT2D eigenvalue weighted by molar-refractivity contribution is -0.107. The fourth-order valence-corrected chi connectivity index (χ4v) is 2.02. The molecule has 0 saturated heterocycles. The first-order valence-electron chi connectivity index (χ1n) is 7.63. The van der Waals surface area contributed by atoms with E-state index in [0.29, 0.717) is 22.6 Å². The number of carbonyl (C=O) groups is 2. The maximum atomic E-state index is 12.9. The summed E-state index contributed by atoms with van der Waals surface area (Å²) in [4.78, 5) is 22.5. The zero-order valence-electron chi connectivity index (χ0n) is 13.8. The van der Waals surface area contributed by atoms with Crippen molar-refractivity contribution in [2.75, 3.05) is 0 Å². The van der Waals surface area contributed by atoms with Crippen molar-refractivity contribution in [1.82, 2.24) is 5.32 Å². The van der Waals surface area contributed by atoms with E-state index in [4.69, 9.17) is 4.42 Å². The molecule has 0 radical (unpaired) electrons. The monoisotopic (exact) mass is 339 g/mol. The highest BCUT2D eigenvalue weighted by Gasteiger charge is 2.12. The largest absolute Gasteiger partial charge is 0.451 e.